The van der Waals surface area contributed by atoms with Crippen LogP contribution >= 0.6 is 19.7 Å². The second kappa shape index (κ2) is 13.3. The van der Waals surface area contributed by atoms with Crippen LogP contribution in [-0.4, -0.2) is 10.9 Å². The predicted molar refractivity (Wildman–Crippen MR) is 132 cm³/mol. The van der Waals surface area contributed by atoms with Crippen molar-refractivity contribution in [2.45, 2.75) is 25.5 Å². The first kappa shape index (κ1) is 26.0. The van der Waals surface area contributed by atoms with Crippen LogP contribution < -0.4 is 10.6 Å². The molecule has 0 aliphatic heterocycles. The number of hydrogen-bond acceptors (Lipinski definition) is 1. The third kappa shape index (κ3) is 8.70. The fraction of sp³-hybridized carbons (Fsp3) is 0.185. The average Bonchev–Trinajstić information content (AvgIpc) is 3.42. The number of thioether (sulfide) groups is 1. The summed E-state index contributed by atoms with van der Waals surface area (Å²) in [4.78, 5) is 0. The van der Waals surface area contributed by atoms with Gasteiger partial charge in [0.15, 0.2) is 0 Å². The monoisotopic (exact) mass is 472 g/mol. The van der Waals surface area contributed by atoms with Crippen LogP contribution in [0.15, 0.2) is 60.7 Å². The van der Waals surface area contributed by atoms with Crippen molar-refractivity contribution in [2.24, 2.45) is 0 Å². The predicted octanol–water partition coefficient (Wildman–Crippen LogP) is 6.40. The van der Waals surface area contributed by atoms with E-state index in [4.69, 9.17) is 0 Å². The Balaban J connectivity index is 0.000000468. The normalized spacial score (nSPS) is 17.5. The van der Waals surface area contributed by atoms with Crippen molar-refractivity contribution in [1.82, 2.24) is 0 Å². The van der Waals surface area contributed by atoms with Crippen LogP contribution in [0.4, 0.5) is 0 Å². The van der Waals surface area contributed by atoms with Crippen molar-refractivity contribution in [1.29, 1.82) is 0 Å². The van der Waals surface area contributed by atoms with Gasteiger partial charge in [-0.1, -0.05) is 81.4 Å². The van der Waals surface area contributed by atoms with Crippen molar-refractivity contribution < 1.29 is 17.1 Å². The van der Waals surface area contributed by atoms with Crippen LogP contribution in [0.5, 0.6) is 0 Å². The van der Waals surface area contributed by atoms with Crippen LogP contribution in [0, 0.1) is 62.5 Å². The Morgan fingerprint density at radius 2 is 1.13 bits per heavy atom. The van der Waals surface area contributed by atoms with Gasteiger partial charge in [0.05, 0.1) is 0 Å². The minimum absolute atomic E-state index is 0. The molecule has 0 amide bonds. The largest absolute Gasteiger partial charge is 2.00 e. The van der Waals surface area contributed by atoms with Crippen LogP contribution in [0.3, 0.4) is 0 Å². The zero-order valence-corrected chi connectivity index (χ0v) is 20.6. The van der Waals surface area contributed by atoms with E-state index in [1.54, 1.807) is 0 Å². The summed E-state index contributed by atoms with van der Waals surface area (Å²) >= 11 is 1.98. The molecule has 0 nitrogen and oxygen atoms in total. The molecule has 4 rings (SSSR count). The summed E-state index contributed by atoms with van der Waals surface area (Å²) in [5, 5.41) is 4.33. The molecule has 2 fully saturated rings. The molecule has 30 heavy (non-hydrogen) atoms. The molecule has 0 spiro atoms. The molecule has 0 saturated heterocycles. The van der Waals surface area contributed by atoms with Gasteiger partial charge in [0, 0.05) is 15.9 Å². The Kier molecular flexibility index (Phi) is 11.5. The Hall–Kier alpha value is -0.261. The van der Waals surface area contributed by atoms with Gasteiger partial charge in [0.25, 0.3) is 0 Å². The molecule has 0 N–H and O–H groups in total. The molecule has 0 aromatic heterocycles. The molecule has 2 aliphatic rings. The van der Waals surface area contributed by atoms with E-state index in [-0.39, 0.29) is 29.7 Å². The molecule has 154 valence electrons. The zero-order valence-electron chi connectivity index (χ0n) is 17.8. The fourth-order valence-corrected chi connectivity index (χ4v) is 6.57. The van der Waals surface area contributed by atoms with E-state index in [9.17, 15) is 0 Å². The maximum atomic E-state index is 2.30. The Bertz CT molecular complexity index is 647. The smallest absolute Gasteiger partial charge is 0.147 e. The van der Waals surface area contributed by atoms with Crippen molar-refractivity contribution >= 4 is 30.3 Å². The molecule has 0 heterocycles. The van der Waals surface area contributed by atoms with E-state index in [0.29, 0.717) is 0 Å². The van der Waals surface area contributed by atoms with Crippen LogP contribution in [0.25, 0.3) is 0 Å². The standard InChI is InChI=1S/C22H24PS.C5H5.Fe/c1-22(2,3)24-21-16-10-11-18(21)17-23(19-12-6-4-7-13-19)20-14-8-5-9-15-20;1-2-4-5-3-1;/h4-16H,17H2,1-3H3;1-5H;/q;;+2. The maximum absolute atomic E-state index is 2.30. The van der Waals surface area contributed by atoms with Crippen molar-refractivity contribution in [2.75, 3.05) is 6.16 Å². The topological polar surface area (TPSA) is 0 Å². The van der Waals surface area contributed by atoms with Crippen molar-refractivity contribution in [3.8, 4) is 0 Å². The summed E-state index contributed by atoms with van der Waals surface area (Å²) in [5.74, 6) is 1.48. The van der Waals surface area contributed by atoms with Gasteiger partial charge in [-0.3, -0.25) is 0 Å². The number of rotatable bonds is 5. The first-order chi connectivity index (χ1) is 14.0. The van der Waals surface area contributed by atoms with E-state index < -0.39 is 0 Å². The number of hydrogen-bond donors (Lipinski definition) is 0. The summed E-state index contributed by atoms with van der Waals surface area (Å²) in [6.07, 6.45) is 17.9. The van der Waals surface area contributed by atoms with E-state index in [0.717, 1.165) is 6.16 Å². The average molecular weight is 472 g/mol. The first-order valence-corrected chi connectivity index (χ1v) is 12.4. The molecule has 3 heteroatoms. The zero-order chi connectivity index (χ0) is 20.5. The van der Waals surface area contributed by atoms with Crippen molar-refractivity contribution in [3.63, 3.8) is 0 Å². The fourth-order valence-electron chi connectivity index (χ4n) is 3.04. The summed E-state index contributed by atoms with van der Waals surface area (Å²) in [6.45, 7) is 6.85. The Morgan fingerprint density at radius 1 is 0.667 bits per heavy atom. The summed E-state index contributed by atoms with van der Waals surface area (Å²) in [6, 6.07) is 21.9. The van der Waals surface area contributed by atoms with E-state index in [1.165, 1.54) is 21.8 Å². The molecule has 0 unspecified atom stereocenters. The third-order valence-corrected chi connectivity index (χ3v) is 8.03. The minimum atomic E-state index is -0.373. The molecule has 0 bridgehead atoms. The summed E-state index contributed by atoms with van der Waals surface area (Å²) < 4.78 is 0.241. The van der Waals surface area contributed by atoms with Crippen molar-refractivity contribution in [3.05, 3.63) is 123 Å². The van der Waals surface area contributed by atoms with Gasteiger partial charge < -0.3 is 0 Å². The molecule has 2 aliphatic carbocycles. The quantitative estimate of drug-likeness (QED) is 0.358. The third-order valence-electron chi connectivity index (χ3n) is 4.30. The van der Waals surface area contributed by atoms with Gasteiger partial charge in [-0.15, -0.1) is 11.8 Å². The molecule has 2 aromatic rings. The molecular formula is C27H29FePS+2. The molecule has 2 aromatic carbocycles. The van der Waals surface area contributed by atoms with Gasteiger partial charge in [-0.2, -0.15) is 0 Å². The van der Waals surface area contributed by atoms with Crippen LogP contribution in [0.1, 0.15) is 20.8 Å². The summed E-state index contributed by atoms with van der Waals surface area (Å²) in [7, 11) is -0.373. The summed E-state index contributed by atoms with van der Waals surface area (Å²) in [5.41, 5.74) is 0. The second-order valence-electron chi connectivity index (χ2n) is 7.85. The Morgan fingerprint density at radius 3 is 1.57 bits per heavy atom. The Labute approximate surface area is 201 Å². The van der Waals surface area contributed by atoms with E-state index in [2.05, 4.69) is 101 Å². The number of benzene rings is 2. The van der Waals surface area contributed by atoms with Gasteiger partial charge in [0.2, 0.25) is 0 Å². The van der Waals surface area contributed by atoms with Crippen LogP contribution in [-0.2, 0) is 17.1 Å². The van der Waals surface area contributed by atoms with E-state index >= 15 is 0 Å². The van der Waals surface area contributed by atoms with E-state index in [1.807, 2.05) is 43.9 Å². The maximum Gasteiger partial charge on any atom is 2.00 e. The van der Waals surface area contributed by atoms with Crippen LogP contribution in [0.2, 0.25) is 0 Å². The second-order valence-corrected chi connectivity index (χ2v) is 11.9. The first-order valence-electron chi connectivity index (χ1n) is 10.0. The minimum Gasteiger partial charge on any atom is -0.147 e. The van der Waals surface area contributed by atoms with Gasteiger partial charge in [-0.05, 0) is 76.1 Å². The molecular weight excluding hydrogens is 443 g/mol. The van der Waals surface area contributed by atoms with Gasteiger partial charge in [-0.25, -0.2) is 0 Å². The molecule has 10 radical (unpaired) electrons. The van der Waals surface area contributed by atoms with Gasteiger partial charge >= 0.3 is 17.1 Å². The molecule has 2 saturated carbocycles. The SMILES string of the molecule is CC(C)(C)S[C]1[CH][CH][CH][C]1CP(c1ccccc1)c1ccccc1.[CH]1[CH][CH][CH][CH]1.[Fe+2]. The molecule has 0 atom stereocenters. The van der Waals surface area contributed by atoms with Gasteiger partial charge in [0.1, 0.15) is 0 Å².